The van der Waals surface area contributed by atoms with Gasteiger partial charge in [0.05, 0.1) is 22.1 Å². The Hall–Kier alpha value is -3.14. The summed E-state index contributed by atoms with van der Waals surface area (Å²) in [5, 5.41) is 20.1. The zero-order chi connectivity index (χ0) is 19.3. The fourth-order valence-electron chi connectivity index (χ4n) is 2.25. The molecule has 138 valence electrons. The number of ether oxygens (including phenoxy) is 1. The van der Waals surface area contributed by atoms with Gasteiger partial charge >= 0.3 is 5.97 Å². The van der Waals surface area contributed by atoms with E-state index in [2.05, 4.69) is 0 Å². The first-order valence-electron chi connectivity index (χ1n) is 7.48. The van der Waals surface area contributed by atoms with Crippen molar-refractivity contribution in [3.63, 3.8) is 0 Å². The third kappa shape index (κ3) is 4.09. The number of para-hydroxylation sites is 2. The standard InChI is InChI=1S/C16H16N2O7S/c1-2-25-15-9-4-3-8-14(15)17(11-16(19)20)26(23,24)13-7-5-6-12(10-13)18(21)22/h3-10H,2,11H2,1H3,(H,19,20). The number of nitrogens with zero attached hydrogens (tertiary/aromatic N) is 2. The Kier molecular flexibility index (Phi) is 5.78. The Morgan fingerprint density at radius 1 is 1.23 bits per heavy atom. The number of benzene rings is 2. The Labute approximate surface area is 149 Å². The first-order chi connectivity index (χ1) is 12.3. The Morgan fingerprint density at radius 3 is 2.54 bits per heavy atom. The van der Waals surface area contributed by atoms with Gasteiger partial charge in [-0.15, -0.1) is 0 Å². The number of nitro benzene ring substituents is 1. The van der Waals surface area contributed by atoms with Crippen molar-refractivity contribution in [1.29, 1.82) is 0 Å². The zero-order valence-electron chi connectivity index (χ0n) is 13.7. The lowest BCUT2D eigenvalue weighted by atomic mass is 10.3. The molecular formula is C16H16N2O7S. The van der Waals surface area contributed by atoms with E-state index in [-0.39, 0.29) is 22.9 Å². The van der Waals surface area contributed by atoms with Crippen LogP contribution in [0.25, 0.3) is 0 Å². The normalized spacial score (nSPS) is 11.0. The Bertz CT molecular complexity index is 928. The average Bonchev–Trinajstić information content (AvgIpc) is 2.60. The van der Waals surface area contributed by atoms with Crippen LogP contribution in [0.1, 0.15) is 6.92 Å². The highest BCUT2D eigenvalue weighted by molar-refractivity contribution is 7.92. The van der Waals surface area contributed by atoms with Crippen LogP contribution in [0.2, 0.25) is 0 Å². The van der Waals surface area contributed by atoms with Crippen LogP contribution >= 0.6 is 0 Å². The first-order valence-corrected chi connectivity index (χ1v) is 8.92. The molecule has 0 aliphatic heterocycles. The lowest BCUT2D eigenvalue weighted by Gasteiger charge is -2.24. The van der Waals surface area contributed by atoms with E-state index in [1.807, 2.05) is 0 Å². The molecule has 9 nitrogen and oxygen atoms in total. The van der Waals surface area contributed by atoms with E-state index >= 15 is 0 Å². The van der Waals surface area contributed by atoms with Gasteiger partial charge in [0.2, 0.25) is 0 Å². The molecule has 0 bridgehead atoms. The van der Waals surface area contributed by atoms with Crippen molar-refractivity contribution in [3.8, 4) is 5.75 Å². The number of hydrogen-bond donors (Lipinski definition) is 1. The molecule has 2 aromatic rings. The van der Waals surface area contributed by atoms with E-state index in [0.29, 0.717) is 4.31 Å². The molecule has 0 atom stereocenters. The second-order valence-corrected chi connectivity index (χ2v) is 6.92. The monoisotopic (exact) mass is 380 g/mol. The molecule has 0 aliphatic rings. The van der Waals surface area contributed by atoms with E-state index < -0.39 is 33.1 Å². The van der Waals surface area contributed by atoms with Crippen LogP contribution in [0.5, 0.6) is 5.75 Å². The molecule has 0 aromatic heterocycles. The van der Waals surface area contributed by atoms with Gasteiger partial charge in [-0.05, 0) is 25.1 Å². The number of non-ortho nitro benzene ring substituents is 1. The first kappa shape index (κ1) is 19.2. The summed E-state index contributed by atoms with van der Waals surface area (Å²) >= 11 is 0. The highest BCUT2D eigenvalue weighted by Crippen LogP contribution is 2.33. The number of nitro groups is 1. The number of rotatable bonds is 8. The lowest BCUT2D eigenvalue weighted by Crippen LogP contribution is -2.36. The molecule has 0 radical (unpaired) electrons. The average molecular weight is 380 g/mol. The number of anilines is 1. The number of sulfonamides is 1. The second-order valence-electron chi connectivity index (χ2n) is 5.06. The molecule has 0 heterocycles. The molecule has 2 aromatic carbocycles. The predicted molar refractivity (Wildman–Crippen MR) is 92.9 cm³/mol. The Morgan fingerprint density at radius 2 is 1.92 bits per heavy atom. The second kappa shape index (κ2) is 7.83. The lowest BCUT2D eigenvalue weighted by molar-refractivity contribution is -0.385. The minimum absolute atomic E-state index is 0.0308. The molecule has 0 unspecified atom stereocenters. The van der Waals surface area contributed by atoms with Crippen molar-refractivity contribution in [2.45, 2.75) is 11.8 Å². The van der Waals surface area contributed by atoms with E-state index in [4.69, 9.17) is 9.84 Å². The molecule has 10 heteroatoms. The molecule has 0 fully saturated rings. The smallest absolute Gasteiger partial charge is 0.324 e. The third-order valence-corrected chi connectivity index (χ3v) is 5.08. The summed E-state index contributed by atoms with van der Waals surface area (Å²) in [6.07, 6.45) is 0. The molecule has 0 spiro atoms. The van der Waals surface area contributed by atoms with Gasteiger partial charge in [-0.25, -0.2) is 8.42 Å². The maximum Gasteiger partial charge on any atom is 0.324 e. The zero-order valence-corrected chi connectivity index (χ0v) is 14.5. The summed E-state index contributed by atoms with van der Waals surface area (Å²) in [6.45, 7) is 1.08. The number of carboxylic acid groups (broad SMARTS) is 1. The molecule has 1 N–H and O–H groups in total. The highest BCUT2D eigenvalue weighted by atomic mass is 32.2. The molecular weight excluding hydrogens is 364 g/mol. The van der Waals surface area contributed by atoms with Crippen molar-refractivity contribution >= 4 is 27.4 Å². The van der Waals surface area contributed by atoms with Crippen LogP contribution in [0.4, 0.5) is 11.4 Å². The molecule has 0 aliphatic carbocycles. The number of hydrogen-bond acceptors (Lipinski definition) is 6. The maximum absolute atomic E-state index is 13.0. The predicted octanol–water partition coefficient (Wildman–Crippen LogP) is 2.27. The van der Waals surface area contributed by atoms with Crippen molar-refractivity contribution < 1.29 is 28.0 Å². The summed E-state index contributed by atoms with van der Waals surface area (Å²) < 4.78 is 32.0. The van der Waals surface area contributed by atoms with Gasteiger partial charge < -0.3 is 9.84 Å². The molecule has 0 saturated heterocycles. The van der Waals surface area contributed by atoms with Crippen LogP contribution in [0, 0.1) is 10.1 Å². The van der Waals surface area contributed by atoms with Gasteiger partial charge in [0, 0.05) is 12.1 Å². The van der Waals surface area contributed by atoms with E-state index in [0.717, 1.165) is 12.1 Å². The van der Waals surface area contributed by atoms with Crippen LogP contribution in [0.3, 0.4) is 0 Å². The maximum atomic E-state index is 13.0. The van der Waals surface area contributed by atoms with Crippen molar-refractivity contribution in [1.82, 2.24) is 0 Å². The van der Waals surface area contributed by atoms with Crippen LogP contribution in [-0.4, -0.2) is 37.6 Å². The Balaban J connectivity index is 2.61. The molecule has 2 rings (SSSR count). The van der Waals surface area contributed by atoms with Crippen LogP contribution in [-0.2, 0) is 14.8 Å². The van der Waals surface area contributed by atoms with Gasteiger partial charge in [0.1, 0.15) is 12.3 Å². The van der Waals surface area contributed by atoms with Gasteiger partial charge in [0.25, 0.3) is 15.7 Å². The van der Waals surface area contributed by atoms with Crippen molar-refractivity contribution in [2.75, 3.05) is 17.5 Å². The van der Waals surface area contributed by atoms with Crippen LogP contribution < -0.4 is 9.04 Å². The summed E-state index contributed by atoms with van der Waals surface area (Å²) in [4.78, 5) is 21.1. The van der Waals surface area contributed by atoms with Gasteiger partial charge in [-0.3, -0.25) is 19.2 Å². The van der Waals surface area contributed by atoms with Gasteiger partial charge in [-0.2, -0.15) is 0 Å². The number of carboxylic acids is 1. The van der Waals surface area contributed by atoms with Crippen LogP contribution in [0.15, 0.2) is 53.4 Å². The van der Waals surface area contributed by atoms with E-state index in [9.17, 15) is 23.3 Å². The minimum Gasteiger partial charge on any atom is -0.492 e. The summed E-state index contributed by atoms with van der Waals surface area (Å²) in [5.41, 5.74) is -0.386. The molecule has 26 heavy (non-hydrogen) atoms. The quantitative estimate of drug-likeness (QED) is 0.550. The topological polar surface area (TPSA) is 127 Å². The third-order valence-electron chi connectivity index (χ3n) is 3.33. The summed E-state index contributed by atoms with van der Waals surface area (Å²) in [6, 6.07) is 10.5. The minimum atomic E-state index is -4.38. The SMILES string of the molecule is CCOc1ccccc1N(CC(=O)O)S(=O)(=O)c1cccc([N+](=O)[O-])c1. The fourth-order valence-corrected chi connectivity index (χ4v) is 3.71. The van der Waals surface area contributed by atoms with E-state index in [1.165, 1.54) is 30.3 Å². The van der Waals surface area contributed by atoms with E-state index in [1.54, 1.807) is 13.0 Å². The summed E-state index contributed by atoms with van der Waals surface area (Å²) in [5.74, 6) is -1.20. The summed E-state index contributed by atoms with van der Waals surface area (Å²) in [7, 11) is -4.38. The molecule has 0 saturated carbocycles. The van der Waals surface area contributed by atoms with Crippen molar-refractivity contribution in [2.24, 2.45) is 0 Å². The van der Waals surface area contributed by atoms with Gasteiger partial charge in [0.15, 0.2) is 0 Å². The number of carbonyl (C=O) groups is 1. The fraction of sp³-hybridized carbons (Fsp3) is 0.188. The highest BCUT2D eigenvalue weighted by Gasteiger charge is 2.30. The largest absolute Gasteiger partial charge is 0.492 e. The van der Waals surface area contributed by atoms with Crippen molar-refractivity contribution in [3.05, 3.63) is 58.6 Å². The van der Waals surface area contributed by atoms with Gasteiger partial charge in [-0.1, -0.05) is 18.2 Å². The number of aliphatic carboxylic acids is 1. The molecule has 0 amide bonds.